The van der Waals surface area contributed by atoms with E-state index in [0.29, 0.717) is 17.7 Å². The predicted octanol–water partition coefficient (Wildman–Crippen LogP) is 3.09. The van der Waals surface area contributed by atoms with Crippen molar-refractivity contribution >= 4 is 17.8 Å². The van der Waals surface area contributed by atoms with Crippen molar-refractivity contribution in [3.05, 3.63) is 41.5 Å². The molecule has 3 rings (SSSR count). The first-order valence-corrected chi connectivity index (χ1v) is 9.59. The second-order valence-corrected chi connectivity index (χ2v) is 6.85. The van der Waals surface area contributed by atoms with Crippen molar-refractivity contribution in [2.45, 2.75) is 51.5 Å². The van der Waals surface area contributed by atoms with Crippen LogP contribution >= 0.6 is 0 Å². The molecule has 158 valence electrons. The van der Waals surface area contributed by atoms with Gasteiger partial charge in [0, 0.05) is 11.6 Å². The molecule has 3 heterocycles. The number of carbonyl (C=O) groups is 2. The van der Waals surface area contributed by atoms with E-state index in [1.165, 1.54) is 23.3 Å². The van der Waals surface area contributed by atoms with Crippen LogP contribution in [-0.4, -0.2) is 41.5 Å². The fraction of sp³-hybridized carbons (Fsp3) is 0.500. The molecule has 2 unspecified atom stereocenters. The Morgan fingerprint density at radius 3 is 2.93 bits per heavy atom. The van der Waals surface area contributed by atoms with Crippen LogP contribution in [0.15, 0.2) is 33.3 Å². The Morgan fingerprint density at radius 1 is 1.38 bits per heavy atom. The van der Waals surface area contributed by atoms with Crippen molar-refractivity contribution in [2.75, 3.05) is 18.1 Å². The van der Waals surface area contributed by atoms with Gasteiger partial charge in [-0.05, 0) is 18.6 Å². The van der Waals surface area contributed by atoms with Crippen LogP contribution in [0.25, 0.3) is 0 Å². The molecule has 0 spiro atoms. The zero-order valence-corrected chi connectivity index (χ0v) is 16.2. The Balaban J connectivity index is 1.56. The third-order valence-corrected chi connectivity index (χ3v) is 4.64. The Morgan fingerprint density at radius 2 is 2.21 bits per heavy atom. The fourth-order valence-electron chi connectivity index (χ4n) is 3.08. The number of aromatic carboxylic acids is 1. The maximum Gasteiger partial charge on any atom is 0.371 e. The molecule has 9 heteroatoms. The molecule has 0 aromatic carbocycles. The summed E-state index contributed by atoms with van der Waals surface area (Å²) in [4.78, 5) is 24.4. The van der Waals surface area contributed by atoms with Gasteiger partial charge in [0.15, 0.2) is 6.23 Å². The van der Waals surface area contributed by atoms with Crippen LogP contribution in [0.2, 0.25) is 0 Å². The second kappa shape index (κ2) is 9.73. The van der Waals surface area contributed by atoms with E-state index < -0.39 is 18.3 Å². The summed E-state index contributed by atoms with van der Waals surface area (Å²) < 4.78 is 21.6. The maximum atomic E-state index is 12.2. The lowest BCUT2D eigenvalue weighted by molar-refractivity contribution is -0.117. The molecule has 2 aromatic rings. The zero-order valence-electron chi connectivity index (χ0n) is 16.2. The molecule has 0 saturated carbocycles. The third kappa shape index (κ3) is 5.26. The molecule has 0 aliphatic carbocycles. The molecule has 1 saturated heterocycles. The van der Waals surface area contributed by atoms with Gasteiger partial charge in [-0.15, -0.1) is 0 Å². The molecule has 1 aliphatic rings. The average molecular weight is 407 g/mol. The van der Waals surface area contributed by atoms with Crippen LogP contribution < -0.4 is 4.90 Å². The van der Waals surface area contributed by atoms with Crippen LogP contribution in [0.4, 0.5) is 5.88 Å². The maximum absolute atomic E-state index is 12.2. The van der Waals surface area contributed by atoms with Gasteiger partial charge < -0.3 is 28.5 Å². The first-order chi connectivity index (χ1) is 14.0. The third-order valence-electron chi connectivity index (χ3n) is 4.64. The number of ether oxygens (including phenoxy) is 2. The predicted molar refractivity (Wildman–Crippen MR) is 100 cm³/mol. The molecule has 29 heavy (non-hydrogen) atoms. The van der Waals surface area contributed by atoms with Gasteiger partial charge in [0.2, 0.25) is 11.6 Å². The summed E-state index contributed by atoms with van der Waals surface area (Å²) in [5.74, 6) is -0.951. The number of amides is 1. The number of furan rings is 2. The minimum Gasteiger partial charge on any atom is -0.475 e. The van der Waals surface area contributed by atoms with E-state index in [0.717, 1.165) is 19.3 Å². The minimum absolute atomic E-state index is 0.0364. The van der Waals surface area contributed by atoms with Crippen LogP contribution in [0.3, 0.4) is 0 Å². The number of carbonyl (C=O) groups excluding carboxylic acids is 1. The topological polar surface area (TPSA) is 123 Å². The molecule has 2 aromatic heterocycles. The highest BCUT2D eigenvalue weighted by atomic mass is 16.6. The second-order valence-electron chi connectivity index (χ2n) is 6.85. The number of rotatable bonds is 11. The normalized spacial score (nSPS) is 17.8. The molecule has 2 N–H and O–H groups in total. The number of hydrogen-bond donors (Lipinski definition) is 2. The molecule has 1 fully saturated rings. The first-order valence-electron chi connectivity index (χ1n) is 9.59. The monoisotopic (exact) mass is 407 g/mol. The number of anilines is 1. The summed E-state index contributed by atoms with van der Waals surface area (Å²) in [6.07, 6.45) is 3.78. The molecular weight excluding hydrogens is 382 g/mol. The van der Waals surface area contributed by atoms with Crippen molar-refractivity contribution in [1.82, 2.24) is 0 Å². The number of unbranched alkanes of at least 4 members (excludes halogenated alkanes) is 2. The van der Waals surface area contributed by atoms with Crippen molar-refractivity contribution in [3.8, 4) is 0 Å². The number of hydrogen-bond acceptors (Lipinski definition) is 7. The van der Waals surface area contributed by atoms with Crippen molar-refractivity contribution in [2.24, 2.45) is 0 Å². The number of aliphatic hydroxyl groups excluding tert-OH is 1. The lowest BCUT2D eigenvalue weighted by atomic mass is 10.1. The number of carboxylic acid groups (broad SMARTS) is 1. The van der Waals surface area contributed by atoms with Crippen molar-refractivity contribution < 1.29 is 38.1 Å². The van der Waals surface area contributed by atoms with Crippen LogP contribution in [0, 0.1) is 0 Å². The van der Waals surface area contributed by atoms with Gasteiger partial charge in [-0.1, -0.05) is 26.2 Å². The van der Waals surface area contributed by atoms with Gasteiger partial charge in [0.05, 0.1) is 19.0 Å². The van der Waals surface area contributed by atoms with E-state index in [9.17, 15) is 14.7 Å². The van der Waals surface area contributed by atoms with E-state index in [1.807, 2.05) is 0 Å². The Bertz CT molecular complexity index is 826. The van der Waals surface area contributed by atoms with Gasteiger partial charge in [0.1, 0.15) is 19.0 Å². The first kappa shape index (κ1) is 21.1. The quantitative estimate of drug-likeness (QED) is 0.545. The van der Waals surface area contributed by atoms with Gasteiger partial charge in [0.25, 0.3) is 5.91 Å². The number of carboxylic acids is 1. The van der Waals surface area contributed by atoms with E-state index in [-0.39, 0.29) is 37.4 Å². The molecule has 1 amide bonds. The average Bonchev–Trinajstić information content (AvgIpc) is 3.42. The van der Waals surface area contributed by atoms with Crippen LogP contribution in [0.5, 0.6) is 0 Å². The highest BCUT2D eigenvalue weighted by Crippen LogP contribution is 2.29. The van der Waals surface area contributed by atoms with E-state index in [4.69, 9.17) is 23.4 Å². The largest absolute Gasteiger partial charge is 0.475 e. The fourth-order valence-corrected chi connectivity index (χ4v) is 3.08. The van der Waals surface area contributed by atoms with Gasteiger partial charge in [-0.25, -0.2) is 4.79 Å². The van der Waals surface area contributed by atoms with E-state index >= 15 is 0 Å². The SMILES string of the molecule is CCCCCC(O)c1coc(N2C(=O)COC2COCc2ccc(C(=O)O)o2)c1. The minimum atomic E-state index is -1.15. The highest BCUT2D eigenvalue weighted by molar-refractivity contribution is 5.95. The Kier molecular flexibility index (Phi) is 7.08. The van der Waals surface area contributed by atoms with E-state index in [1.54, 1.807) is 6.07 Å². The van der Waals surface area contributed by atoms with Gasteiger partial charge >= 0.3 is 5.97 Å². The van der Waals surface area contributed by atoms with Crippen molar-refractivity contribution in [1.29, 1.82) is 0 Å². The molecule has 2 atom stereocenters. The van der Waals surface area contributed by atoms with Crippen LogP contribution in [0.1, 0.15) is 60.6 Å². The summed E-state index contributed by atoms with van der Waals surface area (Å²) in [5, 5.41) is 19.1. The highest BCUT2D eigenvalue weighted by Gasteiger charge is 2.35. The Hall–Kier alpha value is -2.62. The van der Waals surface area contributed by atoms with Gasteiger partial charge in [-0.3, -0.25) is 9.69 Å². The summed E-state index contributed by atoms with van der Waals surface area (Å²) in [6, 6.07) is 4.50. The smallest absolute Gasteiger partial charge is 0.371 e. The van der Waals surface area contributed by atoms with Gasteiger partial charge in [-0.2, -0.15) is 0 Å². The lowest BCUT2D eigenvalue weighted by Crippen LogP contribution is -2.36. The molecule has 0 bridgehead atoms. The Labute approximate surface area is 167 Å². The summed E-state index contributed by atoms with van der Waals surface area (Å²) in [7, 11) is 0. The molecule has 9 nitrogen and oxygen atoms in total. The molecule has 1 aliphatic heterocycles. The number of nitrogens with zero attached hydrogens (tertiary/aromatic N) is 1. The van der Waals surface area contributed by atoms with Crippen LogP contribution in [-0.2, 0) is 20.9 Å². The summed E-state index contributed by atoms with van der Waals surface area (Å²) in [6.45, 7) is 2.08. The molecule has 0 radical (unpaired) electrons. The van der Waals surface area contributed by atoms with Crippen molar-refractivity contribution in [3.63, 3.8) is 0 Å². The summed E-state index contributed by atoms with van der Waals surface area (Å²) >= 11 is 0. The zero-order chi connectivity index (χ0) is 20.8. The summed E-state index contributed by atoms with van der Waals surface area (Å²) in [5.41, 5.74) is 0.618. The molecular formula is C20H25NO8. The lowest BCUT2D eigenvalue weighted by Gasteiger charge is -2.20. The number of aliphatic hydroxyl groups is 1. The van der Waals surface area contributed by atoms with E-state index in [2.05, 4.69) is 6.92 Å². The standard InChI is InChI=1S/C20H25NO8/c1-2-3-4-5-15(22)13-8-18(27-9-13)21-17(23)11-28-19(21)12-26-10-14-6-7-16(29-14)20(24)25/h6-9,15,19,22H,2-5,10-12H2,1H3,(H,24,25).